The lowest BCUT2D eigenvalue weighted by atomic mass is 9.93. The summed E-state index contributed by atoms with van der Waals surface area (Å²) in [6, 6.07) is 6.03. The number of rotatable bonds is 6. The van der Waals surface area contributed by atoms with E-state index in [0.717, 1.165) is 5.56 Å². The van der Waals surface area contributed by atoms with E-state index in [0.29, 0.717) is 45.0 Å². The van der Waals surface area contributed by atoms with Crippen LogP contribution in [0.15, 0.2) is 29.4 Å². The minimum Gasteiger partial charge on any atom is -0.389 e. The van der Waals surface area contributed by atoms with Gasteiger partial charge in [0.1, 0.15) is 5.82 Å². The summed E-state index contributed by atoms with van der Waals surface area (Å²) < 4.78 is 18.1. The Bertz CT molecular complexity index is 674. The summed E-state index contributed by atoms with van der Waals surface area (Å²) >= 11 is 0. The number of oxime groups is 1. The van der Waals surface area contributed by atoms with Gasteiger partial charge in [0.2, 0.25) is 6.10 Å². The van der Waals surface area contributed by atoms with E-state index >= 15 is 0 Å². The molecule has 2 heterocycles. The molecule has 1 N–H and O–H groups in total. The molecule has 7 nitrogen and oxygen atoms in total. The van der Waals surface area contributed by atoms with E-state index in [-0.39, 0.29) is 17.6 Å². The van der Waals surface area contributed by atoms with Gasteiger partial charge in [0.25, 0.3) is 5.91 Å². The molecule has 2 aliphatic rings. The molecule has 0 bridgehead atoms. The number of amides is 1. The van der Waals surface area contributed by atoms with Crippen LogP contribution in [0.4, 0.5) is 4.39 Å². The Kier molecular flexibility index (Phi) is 6.41. The van der Waals surface area contributed by atoms with Gasteiger partial charge in [-0.05, 0) is 17.7 Å². The quantitative estimate of drug-likeness (QED) is 0.788. The average molecular weight is 379 g/mol. The van der Waals surface area contributed by atoms with Gasteiger partial charge in [-0.1, -0.05) is 24.2 Å². The van der Waals surface area contributed by atoms with Gasteiger partial charge in [-0.3, -0.25) is 9.69 Å². The van der Waals surface area contributed by atoms with Gasteiger partial charge in [0.05, 0.1) is 24.3 Å². The molecule has 0 saturated carbocycles. The van der Waals surface area contributed by atoms with Crippen LogP contribution in [0.5, 0.6) is 0 Å². The maximum absolute atomic E-state index is 13.1. The number of hydrogen-bond acceptors (Lipinski definition) is 6. The summed E-state index contributed by atoms with van der Waals surface area (Å²) in [4.78, 5) is 22.2. The molecule has 1 aromatic carbocycles. The van der Waals surface area contributed by atoms with Crippen molar-refractivity contribution in [1.29, 1.82) is 0 Å². The zero-order chi connectivity index (χ0) is 19.4. The molecule has 0 spiro atoms. The van der Waals surface area contributed by atoms with Crippen LogP contribution in [-0.4, -0.2) is 85.2 Å². The van der Waals surface area contributed by atoms with Crippen LogP contribution < -0.4 is 0 Å². The first kappa shape index (κ1) is 19.7. The molecule has 0 aromatic heterocycles. The highest BCUT2D eigenvalue weighted by atomic mass is 19.1. The normalized spacial score (nSPS) is 24.4. The van der Waals surface area contributed by atoms with E-state index in [1.54, 1.807) is 24.1 Å². The fraction of sp³-hybridized carbons (Fsp3) is 0.579. The van der Waals surface area contributed by atoms with Gasteiger partial charge in [-0.15, -0.1) is 0 Å². The fourth-order valence-corrected chi connectivity index (χ4v) is 3.50. The summed E-state index contributed by atoms with van der Waals surface area (Å²) in [5.74, 6) is -0.600. The van der Waals surface area contributed by atoms with Gasteiger partial charge in [-0.25, -0.2) is 4.39 Å². The Morgan fingerprint density at radius 3 is 2.63 bits per heavy atom. The molecule has 1 saturated heterocycles. The lowest BCUT2D eigenvalue weighted by Crippen LogP contribution is -2.53. The van der Waals surface area contributed by atoms with Crippen LogP contribution in [0.25, 0.3) is 0 Å². The van der Waals surface area contributed by atoms with Crippen molar-refractivity contribution in [3.63, 3.8) is 0 Å². The zero-order valence-corrected chi connectivity index (χ0v) is 15.7. The maximum atomic E-state index is 13.1. The molecule has 0 aliphatic carbocycles. The number of ether oxygens (including phenoxy) is 1. The van der Waals surface area contributed by atoms with Crippen molar-refractivity contribution in [3.8, 4) is 0 Å². The van der Waals surface area contributed by atoms with Crippen LogP contribution in [0.1, 0.15) is 12.5 Å². The van der Waals surface area contributed by atoms with Gasteiger partial charge in [0.15, 0.2) is 0 Å². The predicted molar refractivity (Wildman–Crippen MR) is 97.9 cm³/mol. The Labute approximate surface area is 158 Å². The van der Waals surface area contributed by atoms with E-state index in [4.69, 9.17) is 9.57 Å². The Balaban J connectivity index is 1.53. The van der Waals surface area contributed by atoms with Crippen LogP contribution >= 0.6 is 0 Å². The molecule has 0 radical (unpaired) electrons. The highest BCUT2D eigenvalue weighted by Gasteiger charge is 2.39. The molecular formula is C19H26FN3O4. The van der Waals surface area contributed by atoms with E-state index in [1.165, 1.54) is 12.1 Å². The number of nitrogens with zero attached hydrogens (tertiary/aromatic N) is 3. The number of β-amino-alcohol motifs (C(OH)–C–C–N with tert-alkyl or cyclic N) is 1. The van der Waals surface area contributed by atoms with E-state index in [1.807, 2.05) is 6.92 Å². The third-order valence-corrected chi connectivity index (χ3v) is 5.05. The van der Waals surface area contributed by atoms with Gasteiger partial charge < -0.3 is 19.6 Å². The van der Waals surface area contributed by atoms with E-state index < -0.39 is 12.2 Å². The Morgan fingerprint density at radius 2 is 2.00 bits per heavy atom. The first-order chi connectivity index (χ1) is 13.0. The minimum atomic E-state index is -0.657. The van der Waals surface area contributed by atoms with Crippen molar-refractivity contribution < 1.29 is 23.9 Å². The van der Waals surface area contributed by atoms with Crippen molar-refractivity contribution in [2.45, 2.75) is 19.1 Å². The number of piperazine rings is 1. The summed E-state index contributed by atoms with van der Waals surface area (Å²) in [6.45, 7) is 5.28. The zero-order valence-electron chi connectivity index (χ0n) is 15.7. The first-order valence-electron chi connectivity index (χ1n) is 9.17. The van der Waals surface area contributed by atoms with Crippen molar-refractivity contribution in [1.82, 2.24) is 9.80 Å². The van der Waals surface area contributed by atoms with E-state index in [2.05, 4.69) is 10.1 Å². The third-order valence-electron chi connectivity index (χ3n) is 5.05. The van der Waals surface area contributed by atoms with Gasteiger partial charge >= 0.3 is 0 Å². The lowest BCUT2D eigenvalue weighted by molar-refractivity contribution is -0.145. The SMILES string of the molecule is COCC(O)CN1CCN(C(=O)C2ON=C(c3ccc(F)cc3)C2C)CC1. The molecule has 8 heteroatoms. The van der Waals surface area contributed by atoms with Gasteiger partial charge in [-0.2, -0.15) is 0 Å². The summed E-state index contributed by atoms with van der Waals surface area (Å²) in [5.41, 5.74) is 1.42. The predicted octanol–water partition coefficient (Wildman–Crippen LogP) is 0.716. The Morgan fingerprint density at radius 1 is 1.33 bits per heavy atom. The minimum absolute atomic E-state index is 0.0829. The molecule has 3 atom stereocenters. The number of methoxy groups -OCH3 is 1. The highest BCUT2D eigenvalue weighted by molar-refractivity contribution is 6.05. The van der Waals surface area contributed by atoms with E-state index in [9.17, 15) is 14.3 Å². The third kappa shape index (κ3) is 4.63. The molecule has 3 unspecified atom stereocenters. The highest BCUT2D eigenvalue weighted by Crippen LogP contribution is 2.25. The fourth-order valence-electron chi connectivity index (χ4n) is 3.50. The van der Waals surface area contributed by atoms with Crippen LogP contribution in [0, 0.1) is 11.7 Å². The Hall–Kier alpha value is -2.03. The second-order valence-corrected chi connectivity index (χ2v) is 7.03. The van der Waals surface area contributed by atoms with Crippen molar-refractivity contribution >= 4 is 11.6 Å². The molecule has 148 valence electrons. The number of aliphatic hydroxyl groups excluding tert-OH is 1. The number of benzene rings is 1. The molecule has 2 aliphatic heterocycles. The molecule has 27 heavy (non-hydrogen) atoms. The smallest absolute Gasteiger partial charge is 0.267 e. The summed E-state index contributed by atoms with van der Waals surface area (Å²) in [5, 5.41) is 13.9. The van der Waals surface area contributed by atoms with Crippen molar-refractivity contribution in [3.05, 3.63) is 35.6 Å². The summed E-state index contributed by atoms with van der Waals surface area (Å²) in [7, 11) is 1.56. The van der Waals surface area contributed by atoms with Crippen LogP contribution in [0.3, 0.4) is 0 Å². The monoisotopic (exact) mass is 379 g/mol. The topological polar surface area (TPSA) is 74.6 Å². The van der Waals surface area contributed by atoms with Crippen LogP contribution in [0.2, 0.25) is 0 Å². The maximum Gasteiger partial charge on any atom is 0.267 e. The number of carbonyl (C=O) groups excluding carboxylic acids is 1. The standard InChI is InChI=1S/C19H26FN3O4/c1-13-17(14-3-5-15(20)6-4-14)21-27-18(13)19(25)23-9-7-22(8-10-23)11-16(24)12-26-2/h3-6,13,16,18,24H,7-12H2,1-2H3. The second-order valence-electron chi connectivity index (χ2n) is 7.03. The van der Waals surface area contributed by atoms with Crippen molar-refractivity contribution in [2.75, 3.05) is 46.4 Å². The summed E-state index contributed by atoms with van der Waals surface area (Å²) in [6.07, 6.45) is -1.18. The molecule has 3 rings (SSSR count). The molecule has 1 aromatic rings. The number of halogens is 1. The molecule has 1 amide bonds. The number of aliphatic hydroxyl groups is 1. The van der Waals surface area contributed by atoms with Crippen molar-refractivity contribution in [2.24, 2.45) is 11.1 Å². The second kappa shape index (κ2) is 8.77. The largest absolute Gasteiger partial charge is 0.389 e. The van der Waals surface area contributed by atoms with Crippen LogP contribution in [-0.2, 0) is 14.4 Å². The number of carbonyl (C=O) groups is 1. The lowest BCUT2D eigenvalue weighted by Gasteiger charge is -2.36. The average Bonchev–Trinajstić information content (AvgIpc) is 3.04. The van der Waals surface area contributed by atoms with Gasteiger partial charge in [0, 0.05) is 39.8 Å². The number of hydrogen-bond donors (Lipinski definition) is 1. The molecular weight excluding hydrogens is 353 g/mol. The first-order valence-corrected chi connectivity index (χ1v) is 9.17. The molecule has 1 fully saturated rings.